The summed E-state index contributed by atoms with van der Waals surface area (Å²) in [5.41, 5.74) is 2.50. The summed E-state index contributed by atoms with van der Waals surface area (Å²) in [6.07, 6.45) is 6.97. The molecule has 2 aromatic rings. The van der Waals surface area contributed by atoms with Gasteiger partial charge in [-0.05, 0) is 42.5 Å². The van der Waals surface area contributed by atoms with Gasteiger partial charge in [0, 0.05) is 24.6 Å². The minimum Gasteiger partial charge on any atom is -0.312 e. The molecular weight excluding hydrogens is 222 g/mol. The van der Waals surface area contributed by atoms with Crippen LogP contribution in [0.25, 0.3) is 5.69 Å². The van der Waals surface area contributed by atoms with E-state index in [1.807, 2.05) is 17.1 Å². The molecule has 18 heavy (non-hydrogen) atoms. The van der Waals surface area contributed by atoms with Crippen LogP contribution in [-0.2, 0) is 6.54 Å². The molecule has 3 rings (SSSR count). The van der Waals surface area contributed by atoms with Crippen molar-refractivity contribution in [2.45, 2.75) is 19.9 Å². The molecule has 94 valence electrons. The first-order valence-electron chi connectivity index (χ1n) is 6.61. The predicted molar refractivity (Wildman–Crippen MR) is 72.5 cm³/mol. The van der Waals surface area contributed by atoms with Crippen molar-refractivity contribution in [1.82, 2.24) is 14.9 Å². The molecule has 0 radical (unpaired) electrons. The average molecular weight is 241 g/mol. The number of benzene rings is 1. The van der Waals surface area contributed by atoms with Crippen molar-refractivity contribution < 1.29 is 0 Å². The average Bonchev–Trinajstić information content (AvgIpc) is 2.90. The van der Waals surface area contributed by atoms with Crippen LogP contribution in [0.1, 0.15) is 18.9 Å². The molecule has 0 bridgehead atoms. The van der Waals surface area contributed by atoms with E-state index in [4.69, 9.17) is 0 Å². The summed E-state index contributed by atoms with van der Waals surface area (Å²) in [6.45, 7) is 4.45. The topological polar surface area (TPSA) is 29.9 Å². The summed E-state index contributed by atoms with van der Waals surface area (Å²) >= 11 is 0. The fourth-order valence-corrected chi connectivity index (χ4v) is 2.28. The molecule has 1 heterocycles. The van der Waals surface area contributed by atoms with E-state index in [9.17, 15) is 0 Å². The lowest BCUT2D eigenvalue weighted by Gasteiger charge is -2.06. The molecule has 1 aliphatic rings. The van der Waals surface area contributed by atoms with Gasteiger partial charge < -0.3 is 9.88 Å². The van der Waals surface area contributed by atoms with Gasteiger partial charge in [-0.15, -0.1) is 0 Å². The zero-order chi connectivity index (χ0) is 12.4. The number of nitrogens with one attached hydrogen (secondary N) is 1. The molecule has 1 fully saturated rings. The van der Waals surface area contributed by atoms with Gasteiger partial charge in [0.15, 0.2) is 0 Å². The summed E-state index contributed by atoms with van der Waals surface area (Å²) < 4.78 is 2.02. The highest BCUT2D eigenvalue weighted by molar-refractivity contribution is 5.34. The molecule has 1 saturated carbocycles. The van der Waals surface area contributed by atoms with E-state index in [0.29, 0.717) is 0 Å². The Morgan fingerprint density at radius 1 is 1.33 bits per heavy atom. The summed E-state index contributed by atoms with van der Waals surface area (Å²) in [5.74, 6) is 1.84. The lowest BCUT2D eigenvalue weighted by molar-refractivity contribution is 0.612. The van der Waals surface area contributed by atoms with Crippen molar-refractivity contribution in [2.75, 3.05) is 6.54 Å². The first kappa shape index (κ1) is 11.5. The second kappa shape index (κ2) is 4.94. The molecule has 0 spiro atoms. The lowest BCUT2D eigenvalue weighted by atomic mass is 10.2. The zero-order valence-corrected chi connectivity index (χ0v) is 10.7. The van der Waals surface area contributed by atoms with Gasteiger partial charge in [-0.1, -0.05) is 19.1 Å². The van der Waals surface area contributed by atoms with Crippen LogP contribution < -0.4 is 5.32 Å². The summed E-state index contributed by atoms with van der Waals surface area (Å²) in [5, 5.41) is 3.53. The fourth-order valence-electron chi connectivity index (χ4n) is 2.28. The molecule has 0 amide bonds. The number of aromatic nitrogens is 2. The van der Waals surface area contributed by atoms with Crippen LogP contribution in [0.2, 0.25) is 0 Å². The molecule has 1 aromatic heterocycles. The van der Waals surface area contributed by atoms with E-state index in [1.54, 1.807) is 6.20 Å². The quantitative estimate of drug-likeness (QED) is 0.872. The van der Waals surface area contributed by atoms with Crippen molar-refractivity contribution in [3.05, 3.63) is 48.5 Å². The van der Waals surface area contributed by atoms with Crippen LogP contribution >= 0.6 is 0 Å². The number of rotatable bonds is 5. The van der Waals surface area contributed by atoms with Crippen LogP contribution in [0, 0.1) is 11.8 Å². The van der Waals surface area contributed by atoms with Gasteiger partial charge in [0.2, 0.25) is 0 Å². The Morgan fingerprint density at radius 3 is 2.72 bits per heavy atom. The van der Waals surface area contributed by atoms with Crippen molar-refractivity contribution in [1.29, 1.82) is 0 Å². The van der Waals surface area contributed by atoms with Crippen molar-refractivity contribution in [2.24, 2.45) is 11.8 Å². The molecule has 2 atom stereocenters. The normalized spacial score (nSPS) is 22.1. The zero-order valence-electron chi connectivity index (χ0n) is 10.7. The largest absolute Gasteiger partial charge is 0.312 e. The Hall–Kier alpha value is -1.61. The maximum Gasteiger partial charge on any atom is 0.0991 e. The van der Waals surface area contributed by atoms with E-state index < -0.39 is 0 Å². The van der Waals surface area contributed by atoms with Crippen molar-refractivity contribution >= 4 is 0 Å². The number of imidazole rings is 1. The van der Waals surface area contributed by atoms with Crippen LogP contribution in [0.3, 0.4) is 0 Å². The van der Waals surface area contributed by atoms with Gasteiger partial charge in [0.1, 0.15) is 0 Å². The Morgan fingerprint density at radius 2 is 2.11 bits per heavy atom. The molecule has 0 aliphatic heterocycles. The summed E-state index contributed by atoms with van der Waals surface area (Å²) in [7, 11) is 0. The molecule has 0 saturated heterocycles. The Kier molecular flexibility index (Phi) is 3.15. The van der Waals surface area contributed by atoms with Gasteiger partial charge in [-0.3, -0.25) is 0 Å². The maximum atomic E-state index is 4.05. The van der Waals surface area contributed by atoms with E-state index in [-0.39, 0.29) is 0 Å². The van der Waals surface area contributed by atoms with Crippen molar-refractivity contribution in [3.8, 4) is 5.69 Å². The minimum absolute atomic E-state index is 0.912. The Labute approximate surface area is 108 Å². The Balaban J connectivity index is 1.54. The first-order chi connectivity index (χ1) is 8.83. The highest BCUT2D eigenvalue weighted by atomic mass is 15.0. The van der Waals surface area contributed by atoms with Gasteiger partial charge in [0.05, 0.1) is 6.33 Å². The van der Waals surface area contributed by atoms with Gasteiger partial charge >= 0.3 is 0 Å². The third kappa shape index (κ3) is 2.62. The second-order valence-electron chi connectivity index (χ2n) is 5.24. The molecule has 1 aliphatic carbocycles. The molecule has 1 aromatic carbocycles. The summed E-state index contributed by atoms with van der Waals surface area (Å²) in [4.78, 5) is 4.05. The second-order valence-corrected chi connectivity index (χ2v) is 5.24. The van der Waals surface area contributed by atoms with Gasteiger partial charge in [0.25, 0.3) is 0 Å². The third-order valence-electron chi connectivity index (χ3n) is 3.75. The van der Waals surface area contributed by atoms with Crippen LogP contribution in [-0.4, -0.2) is 16.1 Å². The van der Waals surface area contributed by atoms with Gasteiger partial charge in [-0.2, -0.15) is 0 Å². The number of hydrogen-bond acceptors (Lipinski definition) is 2. The number of nitrogens with zero attached hydrogens (tertiary/aromatic N) is 2. The highest BCUT2D eigenvalue weighted by Crippen LogP contribution is 2.36. The van der Waals surface area contributed by atoms with E-state index >= 15 is 0 Å². The Bertz CT molecular complexity index is 487. The monoisotopic (exact) mass is 241 g/mol. The SMILES string of the molecule is CC1CC1CNCc1ccc(-n2ccnc2)cc1. The molecule has 2 unspecified atom stereocenters. The minimum atomic E-state index is 0.912. The van der Waals surface area contributed by atoms with E-state index in [0.717, 1.165) is 30.6 Å². The molecular formula is C15H19N3. The van der Waals surface area contributed by atoms with Crippen LogP contribution in [0.5, 0.6) is 0 Å². The van der Waals surface area contributed by atoms with E-state index in [1.165, 1.54) is 12.0 Å². The lowest BCUT2D eigenvalue weighted by Crippen LogP contribution is -2.16. The molecule has 3 heteroatoms. The highest BCUT2D eigenvalue weighted by Gasteiger charge is 2.31. The fraction of sp³-hybridized carbons (Fsp3) is 0.400. The first-order valence-corrected chi connectivity index (χ1v) is 6.61. The van der Waals surface area contributed by atoms with Crippen molar-refractivity contribution in [3.63, 3.8) is 0 Å². The van der Waals surface area contributed by atoms with Gasteiger partial charge in [-0.25, -0.2) is 4.98 Å². The third-order valence-corrected chi connectivity index (χ3v) is 3.75. The smallest absolute Gasteiger partial charge is 0.0991 e. The number of hydrogen-bond donors (Lipinski definition) is 1. The predicted octanol–water partition coefficient (Wildman–Crippen LogP) is 2.62. The van der Waals surface area contributed by atoms with E-state index in [2.05, 4.69) is 41.5 Å². The molecule has 1 N–H and O–H groups in total. The molecule has 3 nitrogen and oxygen atoms in total. The summed E-state index contributed by atoms with van der Waals surface area (Å²) in [6, 6.07) is 8.63. The van der Waals surface area contributed by atoms with Crippen LogP contribution in [0.15, 0.2) is 43.0 Å². The standard InChI is InChI=1S/C15H19N3/c1-12-8-14(12)10-17-9-13-2-4-15(5-3-13)18-7-6-16-11-18/h2-7,11-12,14,17H,8-10H2,1H3. The maximum absolute atomic E-state index is 4.05. The van der Waals surface area contributed by atoms with Crippen LogP contribution in [0.4, 0.5) is 0 Å².